The largest absolute Gasteiger partial charge is 0.344 e. The second-order valence-electron chi connectivity index (χ2n) is 7.35. The normalized spacial score (nSPS) is 13.5. The van der Waals surface area contributed by atoms with E-state index < -0.39 is 105 Å². The molecule has 0 amide bonds. The zero-order valence-electron chi connectivity index (χ0n) is 21.7. The van der Waals surface area contributed by atoms with Gasteiger partial charge in [-0.1, -0.05) is 0 Å². The molecule has 0 aliphatic heterocycles. The summed E-state index contributed by atoms with van der Waals surface area (Å²) in [6, 6.07) is 0. The van der Waals surface area contributed by atoms with Crippen molar-refractivity contribution in [1.82, 2.24) is 6.15 Å². The van der Waals surface area contributed by atoms with E-state index in [4.69, 9.17) is 97.9 Å². The van der Waals surface area contributed by atoms with Gasteiger partial charge in [0.2, 0.25) is 0 Å². The highest BCUT2D eigenvalue weighted by Gasteiger charge is 2.29. The van der Waals surface area contributed by atoms with Gasteiger partial charge in [0, 0.05) is 0 Å². The Bertz CT molecular complexity index is 1010. The van der Waals surface area contributed by atoms with Crippen LogP contribution in [0.15, 0.2) is 0 Å². The summed E-state index contributed by atoms with van der Waals surface area (Å²) in [5.41, 5.74) is 0. The Balaban J connectivity index is -0.000000108. The summed E-state index contributed by atoms with van der Waals surface area (Å²) in [6.45, 7) is 0. The van der Waals surface area contributed by atoms with Crippen molar-refractivity contribution in [2.75, 3.05) is 29.5 Å². The van der Waals surface area contributed by atoms with E-state index in [9.17, 15) is 45.7 Å². The Morgan fingerprint density at radius 3 is 0.239 bits per heavy atom. The third-order valence-electron chi connectivity index (χ3n) is 1.84. The molecule has 0 saturated carbocycles. The molecule has 0 unspecified atom stereocenters. The SMILES string of the molecule is N.O=P(O)(O)CP(=O)(O)O.O=P(O)(O)CP(=O)(O)O.O=P(O)(O)CP(=O)(O)O.O=P(O)(O)CP(=O)(O)O.O=P(O)(O)CP(=O)(O)O. The van der Waals surface area contributed by atoms with Gasteiger partial charge >= 0.3 is 76.0 Å². The van der Waals surface area contributed by atoms with Crippen molar-refractivity contribution in [1.29, 1.82) is 0 Å². The first kappa shape index (κ1) is 59.6. The Labute approximate surface area is 255 Å². The molecule has 23 N–H and O–H groups in total. The summed E-state index contributed by atoms with van der Waals surface area (Å²) in [7, 11) is -45.5. The molecular weight excluding hydrogens is 864 g/mol. The van der Waals surface area contributed by atoms with Crippen LogP contribution in [0.4, 0.5) is 0 Å². The highest BCUT2D eigenvalue weighted by molar-refractivity contribution is 7.71. The lowest BCUT2D eigenvalue weighted by Gasteiger charge is -2.03. The van der Waals surface area contributed by atoms with Crippen LogP contribution in [-0.2, 0) is 45.7 Å². The first-order chi connectivity index (χ1) is 18.5. The Morgan fingerprint density at radius 2 is 0.239 bits per heavy atom. The molecule has 0 atom stereocenters. The summed E-state index contributed by atoms with van der Waals surface area (Å²) in [5, 5.41) is 0. The van der Waals surface area contributed by atoms with Gasteiger partial charge in [-0.2, -0.15) is 0 Å². The van der Waals surface area contributed by atoms with Crippen LogP contribution < -0.4 is 6.15 Å². The van der Waals surface area contributed by atoms with E-state index in [1.807, 2.05) is 0 Å². The van der Waals surface area contributed by atoms with Gasteiger partial charge in [0.15, 0.2) is 29.5 Å². The maximum atomic E-state index is 9.85. The molecule has 41 heteroatoms. The predicted octanol–water partition coefficient (Wildman–Crippen LogP) is -3.34. The smallest absolute Gasteiger partial charge is 0.337 e. The van der Waals surface area contributed by atoms with Gasteiger partial charge in [-0.25, -0.2) is 0 Å². The van der Waals surface area contributed by atoms with Crippen LogP contribution >= 0.6 is 76.0 Å². The third-order valence-corrected chi connectivity index (χ3v) is 16.6. The van der Waals surface area contributed by atoms with Crippen molar-refractivity contribution in [3.05, 3.63) is 0 Å². The molecule has 0 aliphatic rings. The van der Waals surface area contributed by atoms with Gasteiger partial charge in [0.1, 0.15) is 0 Å². The molecular formula is C5H33NO30P10. The van der Waals surface area contributed by atoms with Crippen LogP contribution in [0.25, 0.3) is 0 Å². The van der Waals surface area contributed by atoms with Crippen molar-refractivity contribution < 1.29 is 144 Å². The number of rotatable bonds is 10. The van der Waals surface area contributed by atoms with Crippen molar-refractivity contribution in [2.45, 2.75) is 0 Å². The highest BCUT2D eigenvalue weighted by atomic mass is 31.3. The van der Waals surface area contributed by atoms with Crippen LogP contribution in [0.1, 0.15) is 0 Å². The monoisotopic (exact) mass is 897 g/mol. The van der Waals surface area contributed by atoms with Gasteiger partial charge in [0.05, 0.1) is 0 Å². The average Bonchev–Trinajstić information content (AvgIpc) is 2.36. The van der Waals surface area contributed by atoms with Crippen LogP contribution in [0.5, 0.6) is 0 Å². The molecule has 0 fully saturated rings. The van der Waals surface area contributed by atoms with Crippen molar-refractivity contribution in [3.63, 3.8) is 0 Å². The van der Waals surface area contributed by atoms with Crippen molar-refractivity contribution >= 4 is 76.0 Å². The van der Waals surface area contributed by atoms with Crippen LogP contribution in [0, 0.1) is 0 Å². The van der Waals surface area contributed by atoms with E-state index >= 15 is 0 Å². The van der Waals surface area contributed by atoms with Crippen LogP contribution in [-0.4, -0.2) is 127 Å². The molecule has 0 rings (SSSR count). The quantitative estimate of drug-likeness (QED) is 0.0953. The van der Waals surface area contributed by atoms with Gasteiger partial charge in [-0.3, -0.25) is 45.7 Å². The zero-order chi connectivity index (χ0) is 38.5. The molecule has 0 radical (unpaired) electrons. The minimum Gasteiger partial charge on any atom is -0.344 e. The van der Waals surface area contributed by atoms with E-state index in [1.165, 1.54) is 0 Å². The molecule has 0 spiro atoms. The molecule has 288 valence electrons. The van der Waals surface area contributed by atoms with Gasteiger partial charge in [-0.15, -0.1) is 0 Å². The Hall–Kier alpha value is 1.46. The topological polar surface area (TPSA) is 610 Å². The maximum absolute atomic E-state index is 9.85. The van der Waals surface area contributed by atoms with Crippen LogP contribution in [0.3, 0.4) is 0 Å². The second-order valence-corrected chi connectivity index (χ2v) is 26.3. The molecule has 0 aliphatic carbocycles. The first-order valence-electron chi connectivity index (χ1n) is 8.99. The lowest BCUT2D eigenvalue weighted by atomic mass is 11.9. The molecule has 0 saturated heterocycles. The second kappa shape index (κ2) is 21.7. The number of hydrogen-bond donors (Lipinski definition) is 21. The third kappa shape index (κ3) is 90.8. The van der Waals surface area contributed by atoms with E-state index in [0.29, 0.717) is 0 Å². The molecule has 0 heterocycles. The zero-order valence-corrected chi connectivity index (χ0v) is 30.7. The highest BCUT2D eigenvalue weighted by Crippen LogP contribution is 2.54. The van der Waals surface area contributed by atoms with E-state index in [2.05, 4.69) is 0 Å². The summed E-state index contributed by atoms with van der Waals surface area (Å²) in [4.78, 5) is 159. The molecule has 0 aromatic heterocycles. The lowest BCUT2D eigenvalue weighted by Crippen LogP contribution is -1.88. The standard InChI is InChI=1S/5CH6O6P2.H3N/c5*2-8(3,4)1-9(5,6)7;/h5*1H2,(H2,2,3,4)(H2,5,6,7);1H3. The molecule has 0 aromatic carbocycles. The van der Waals surface area contributed by atoms with E-state index in [1.54, 1.807) is 0 Å². The minimum absolute atomic E-state index is 0. The fraction of sp³-hybridized carbons (Fsp3) is 1.00. The van der Waals surface area contributed by atoms with E-state index in [-0.39, 0.29) is 6.15 Å². The average molecular weight is 897 g/mol. The van der Waals surface area contributed by atoms with E-state index in [0.717, 1.165) is 0 Å². The Morgan fingerprint density at radius 1 is 0.196 bits per heavy atom. The minimum atomic E-state index is -4.55. The van der Waals surface area contributed by atoms with Gasteiger partial charge in [-0.05, 0) is 0 Å². The lowest BCUT2D eigenvalue weighted by molar-refractivity contribution is 0.352. The molecule has 0 aromatic rings. The molecule has 0 bridgehead atoms. The van der Waals surface area contributed by atoms with Crippen molar-refractivity contribution in [3.8, 4) is 0 Å². The van der Waals surface area contributed by atoms with Gasteiger partial charge in [0.25, 0.3) is 0 Å². The summed E-state index contributed by atoms with van der Waals surface area (Å²) in [6.07, 6.45) is 0. The fourth-order valence-corrected chi connectivity index (χ4v) is 10.8. The molecule has 46 heavy (non-hydrogen) atoms. The Kier molecular flexibility index (Phi) is 28.2. The van der Waals surface area contributed by atoms with Crippen LogP contribution in [0.2, 0.25) is 0 Å². The maximum Gasteiger partial charge on any atom is 0.337 e. The predicted molar refractivity (Wildman–Crippen MR) is 150 cm³/mol. The molecule has 31 nitrogen and oxygen atoms in total. The fourth-order valence-electron chi connectivity index (χ4n) is 1.20. The summed E-state index contributed by atoms with van der Waals surface area (Å²) in [5.74, 6) is -6.88. The summed E-state index contributed by atoms with van der Waals surface area (Å²) < 4.78 is 98.5. The number of hydrogen-bond acceptors (Lipinski definition) is 11. The first-order valence-corrected chi connectivity index (χ1v) is 27.0. The van der Waals surface area contributed by atoms with Crippen molar-refractivity contribution in [2.24, 2.45) is 0 Å². The van der Waals surface area contributed by atoms with Gasteiger partial charge < -0.3 is 104 Å². The summed E-state index contributed by atoms with van der Waals surface area (Å²) >= 11 is 0.